The molecule has 1 N–H and O–H groups in total. The molecular weight excluding hydrogens is 593 g/mol. The first-order valence-corrected chi connectivity index (χ1v) is 12.1. The van der Waals surface area contributed by atoms with Crippen molar-refractivity contribution >= 4 is 60.4 Å². The zero-order valence-corrected chi connectivity index (χ0v) is 20.4. The van der Waals surface area contributed by atoms with Crippen LogP contribution in [-0.4, -0.2) is 10.3 Å². The van der Waals surface area contributed by atoms with Gasteiger partial charge in [0.2, 0.25) is 0 Å². The van der Waals surface area contributed by atoms with E-state index in [-0.39, 0.29) is 11.9 Å². The molecule has 0 aliphatic heterocycles. The molecule has 2 atom stereocenters. The highest BCUT2D eigenvalue weighted by atomic mass is 127. The van der Waals surface area contributed by atoms with Crippen molar-refractivity contribution in [2.45, 2.75) is 18.4 Å². The summed E-state index contributed by atoms with van der Waals surface area (Å²) >= 11 is 9.44. The van der Waals surface area contributed by atoms with Crippen molar-refractivity contribution in [2.24, 2.45) is 0 Å². The smallest absolute Gasteiger partial charge is 0.251 e. The van der Waals surface area contributed by atoms with Crippen LogP contribution in [0.4, 0.5) is 0 Å². The fourth-order valence-electron chi connectivity index (χ4n) is 3.11. The van der Waals surface area contributed by atoms with Crippen LogP contribution in [0.15, 0.2) is 87.8 Å². The van der Waals surface area contributed by atoms with Gasteiger partial charge in [0.1, 0.15) is 0 Å². The number of alkyl halides is 1. The molecule has 0 aliphatic rings. The average molecular weight is 613 g/mol. The molecule has 0 heterocycles. The average Bonchev–Trinajstić information content (AvgIpc) is 2.73. The Kier molecular flexibility index (Phi) is 8.11. The number of hydrogen-bond acceptors (Lipinski definition) is 1. The summed E-state index contributed by atoms with van der Waals surface area (Å²) in [5.74, 6) is 0.301. The molecular formula is C23H20Br2INO. The number of carbonyl (C=O) groups excluding carboxylic acids is 1. The lowest BCUT2D eigenvalue weighted by Gasteiger charge is -2.24. The molecule has 0 aliphatic carbocycles. The van der Waals surface area contributed by atoms with Crippen LogP contribution in [0.3, 0.4) is 0 Å². The van der Waals surface area contributed by atoms with Gasteiger partial charge in [0.15, 0.2) is 0 Å². The van der Waals surface area contributed by atoms with Crippen molar-refractivity contribution in [1.29, 1.82) is 0 Å². The van der Waals surface area contributed by atoms with Crippen molar-refractivity contribution < 1.29 is 4.79 Å². The molecule has 5 heteroatoms. The second-order valence-corrected chi connectivity index (χ2v) is 9.29. The third-order valence-corrected chi connectivity index (χ3v) is 6.78. The van der Waals surface area contributed by atoms with E-state index >= 15 is 0 Å². The summed E-state index contributed by atoms with van der Waals surface area (Å²) in [6.45, 7) is 0. The molecule has 0 radical (unpaired) electrons. The van der Waals surface area contributed by atoms with E-state index in [1.165, 1.54) is 5.56 Å². The van der Waals surface area contributed by atoms with Gasteiger partial charge in [-0.25, -0.2) is 0 Å². The lowest BCUT2D eigenvalue weighted by Crippen LogP contribution is -2.30. The van der Waals surface area contributed by atoms with Gasteiger partial charge in [-0.2, -0.15) is 0 Å². The second kappa shape index (κ2) is 10.6. The number of hydrogen-bond donors (Lipinski definition) is 1. The Labute approximate surface area is 196 Å². The van der Waals surface area contributed by atoms with Crippen LogP contribution in [0, 0.1) is 0 Å². The monoisotopic (exact) mass is 611 g/mol. The summed E-state index contributed by atoms with van der Waals surface area (Å²) in [5.41, 5.74) is 3.08. The zero-order chi connectivity index (χ0) is 19.9. The minimum atomic E-state index is -0.0655. The van der Waals surface area contributed by atoms with Crippen molar-refractivity contribution in [3.63, 3.8) is 0 Å². The Morgan fingerprint density at radius 3 is 1.89 bits per heavy atom. The second-order valence-electron chi connectivity index (χ2n) is 6.58. The molecule has 0 saturated heterocycles. The van der Waals surface area contributed by atoms with E-state index in [0.29, 0.717) is 11.5 Å². The Morgan fingerprint density at radius 2 is 1.36 bits per heavy atom. The Morgan fingerprint density at radius 1 is 0.821 bits per heavy atom. The maximum atomic E-state index is 12.8. The summed E-state index contributed by atoms with van der Waals surface area (Å²) in [6, 6.07) is 26.0. The quantitative estimate of drug-likeness (QED) is 0.220. The van der Waals surface area contributed by atoms with Gasteiger partial charge in [0, 0.05) is 18.9 Å². The van der Waals surface area contributed by atoms with Crippen LogP contribution in [0.1, 0.15) is 39.9 Å². The van der Waals surface area contributed by atoms with Crippen molar-refractivity contribution in [3.8, 4) is 0 Å². The normalized spacial score (nSPS) is 13.0. The molecule has 3 aromatic rings. The van der Waals surface area contributed by atoms with Crippen LogP contribution < -0.4 is 5.32 Å². The number of carbonyl (C=O) groups is 1. The zero-order valence-electron chi connectivity index (χ0n) is 15.1. The number of halogens is 3. The van der Waals surface area contributed by atoms with Crippen LogP contribution >= 0.6 is 54.5 Å². The fraction of sp³-hybridized carbons (Fsp3) is 0.174. The van der Waals surface area contributed by atoms with Crippen LogP contribution in [0.5, 0.6) is 0 Å². The predicted molar refractivity (Wildman–Crippen MR) is 131 cm³/mol. The van der Waals surface area contributed by atoms with Crippen molar-refractivity contribution in [2.75, 3.05) is 4.43 Å². The predicted octanol–water partition coefficient (Wildman–Crippen LogP) is 7.29. The van der Waals surface area contributed by atoms with Gasteiger partial charge in [-0.3, -0.25) is 4.79 Å². The lowest BCUT2D eigenvalue weighted by molar-refractivity contribution is 0.0933. The first-order chi connectivity index (χ1) is 13.6. The third kappa shape index (κ3) is 5.91. The molecule has 0 bridgehead atoms. The summed E-state index contributed by atoms with van der Waals surface area (Å²) in [5, 5.41) is 3.25. The van der Waals surface area contributed by atoms with E-state index in [0.717, 1.165) is 25.4 Å². The number of amides is 1. The Bertz CT molecular complexity index is 898. The summed E-state index contributed by atoms with van der Waals surface area (Å²) < 4.78 is 3.08. The maximum absolute atomic E-state index is 12.8. The topological polar surface area (TPSA) is 29.1 Å². The van der Waals surface area contributed by atoms with Crippen LogP contribution in [0.2, 0.25) is 0 Å². The van der Waals surface area contributed by atoms with E-state index in [9.17, 15) is 4.79 Å². The highest BCUT2D eigenvalue weighted by Crippen LogP contribution is 2.31. The molecule has 0 aromatic heterocycles. The third-order valence-electron chi connectivity index (χ3n) is 4.66. The van der Waals surface area contributed by atoms with Crippen LogP contribution in [-0.2, 0) is 0 Å². The molecule has 2 unspecified atom stereocenters. The van der Waals surface area contributed by atoms with Gasteiger partial charge in [-0.15, -0.1) is 0 Å². The van der Waals surface area contributed by atoms with E-state index in [2.05, 4.69) is 96.2 Å². The molecule has 0 spiro atoms. The SMILES string of the molecule is O=C(NC(CC(CI)c1ccc(Br)cc1)c1ccc(Br)cc1)c1ccccc1. The van der Waals surface area contributed by atoms with E-state index in [1.807, 2.05) is 42.5 Å². The molecule has 1 amide bonds. The number of nitrogens with one attached hydrogen (secondary N) is 1. The van der Waals surface area contributed by atoms with E-state index in [4.69, 9.17) is 0 Å². The largest absolute Gasteiger partial charge is 0.345 e. The molecule has 0 fully saturated rings. The number of rotatable bonds is 7. The van der Waals surface area contributed by atoms with Gasteiger partial charge in [0.25, 0.3) is 5.91 Å². The highest BCUT2D eigenvalue weighted by molar-refractivity contribution is 14.1. The van der Waals surface area contributed by atoms with Gasteiger partial charge in [-0.05, 0) is 59.9 Å². The standard InChI is InChI=1S/C23H20Br2INO/c24-20-10-6-16(7-11-20)19(15-26)14-22(17-8-12-21(25)13-9-17)27-23(28)18-4-2-1-3-5-18/h1-13,19,22H,14-15H2,(H,27,28). The molecule has 28 heavy (non-hydrogen) atoms. The first kappa shape index (κ1) is 21.5. The minimum absolute atomic E-state index is 0.0449. The van der Waals surface area contributed by atoms with Crippen LogP contribution in [0.25, 0.3) is 0 Å². The minimum Gasteiger partial charge on any atom is -0.345 e. The first-order valence-electron chi connectivity index (χ1n) is 8.99. The van der Waals surface area contributed by atoms with Crippen molar-refractivity contribution in [3.05, 3.63) is 104 Å². The summed E-state index contributed by atoms with van der Waals surface area (Å²) in [6.07, 6.45) is 0.838. The summed E-state index contributed by atoms with van der Waals surface area (Å²) in [7, 11) is 0. The van der Waals surface area contributed by atoms with Gasteiger partial charge < -0.3 is 5.32 Å². The van der Waals surface area contributed by atoms with Gasteiger partial charge in [0.05, 0.1) is 6.04 Å². The lowest BCUT2D eigenvalue weighted by atomic mass is 9.90. The molecule has 144 valence electrons. The fourth-order valence-corrected chi connectivity index (χ4v) is 4.51. The Balaban J connectivity index is 1.85. The molecule has 2 nitrogen and oxygen atoms in total. The van der Waals surface area contributed by atoms with Crippen molar-refractivity contribution in [1.82, 2.24) is 5.32 Å². The highest BCUT2D eigenvalue weighted by Gasteiger charge is 2.21. The summed E-state index contributed by atoms with van der Waals surface area (Å²) in [4.78, 5) is 12.8. The molecule has 3 aromatic carbocycles. The van der Waals surface area contributed by atoms with E-state index < -0.39 is 0 Å². The number of benzene rings is 3. The van der Waals surface area contributed by atoms with Gasteiger partial charge >= 0.3 is 0 Å². The molecule has 0 saturated carbocycles. The Hall–Kier alpha value is -1.18. The maximum Gasteiger partial charge on any atom is 0.251 e. The van der Waals surface area contributed by atoms with Gasteiger partial charge in [-0.1, -0.05) is 96.9 Å². The molecule has 3 rings (SSSR count). The van der Waals surface area contributed by atoms with E-state index in [1.54, 1.807) is 0 Å².